The van der Waals surface area contributed by atoms with Crippen molar-refractivity contribution in [3.8, 4) is 0 Å². The minimum atomic E-state index is -2.57. The van der Waals surface area contributed by atoms with E-state index in [1.54, 1.807) is 18.7 Å². The van der Waals surface area contributed by atoms with Gasteiger partial charge in [0.25, 0.3) is 5.92 Å². The first kappa shape index (κ1) is 12.4. The van der Waals surface area contributed by atoms with Crippen LogP contribution in [-0.4, -0.2) is 41.5 Å². The van der Waals surface area contributed by atoms with E-state index in [1.165, 1.54) is 0 Å². The molecule has 88 valence electrons. The minimum absolute atomic E-state index is 0.164. The first-order valence-electron chi connectivity index (χ1n) is 5.07. The summed E-state index contributed by atoms with van der Waals surface area (Å²) in [6, 6.07) is 0. The summed E-state index contributed by atoms with van der Waals surface area (Å²) >= 11 is 0. The number of alkyl halides is 2. The van der Waals surface area contributed by atoms with Crippen molar-refractivity contribution < 1.29 is 18.7 Å². The van der Waals surface area contributed by atoms with Gasteiger partial charge in [-0.05, 0) is 13.8 Å². The number of aliphatic carboxylic acids is 1. The number of halogens is 2. The molecular formula is C10H17F2NO2. The highest BCUT2D eigenvalue weighted by atomic mass is 19.3. The molecule has 1 saturated heterocycles. The van der Waals surface area contributed by atoms with Gasteiger partial charge in [0.05, 0.1) is 5.41 Å². The molecule has 5 heteroatoms. The van der Waals surface area contributed by atoms with Gasteiger partial charge in [-0.15, -0.1) is 0 Å². The lowest BCUT2D eigenvalue weighted by Crippen LogP contribution is -2.45. The van der Waals surface area contributed by atoms with Crippen molar-refractivity contribution in [3.63, 3.8) is 0 Å². The van der Waals surface area contributed by atoms with Gasteiger partial charge in [-0.2, -0.15) is 0 Å². The predicted molar refractivity (Wildman–Crippen MR) is 52.0 cm³/mol. The molecule has 0 atom stereocenters. The van der Waals surface area contributed by atoms with E-state index in [-0.39, 0.29) is 25.9 Å². The zero-order valence-corrected chi connectivity index (χ0v) is 9.09. The van der Waals surface area contributed by atoms with E-state index in [2.05, 4.69) is 0 Å². The Morgan fingerprint density at radius 2 is 1.87 bits per heavy atom. The average molecular weight is 221 g/mol. The summed E-state index contributed by atoms with van der Waals surface area (Å²) < 4.78 is 25.7. The number of carboxylic acids is 1. The van der Waals surface area contributed by atoms with E-state index in [1.807, 2.05) is 0 Å². The largest absolute Gasteiger partial charge is 0.481 e. The Hall–Kier alpha value is -0.710. The molecule has 1 fully saturated rings. The van der Waals surface area contributed by atoms with Crippen LogP contribution in [0.4, 0.5) is 8.78 Å². The van der Waals surface area contributed by atoms with Crippen LogP contribution in [0.5, 0.6) is 0 Å². The van der Waals surface area contributed by atoms with Gasteiger partial charge >= 0.3 is 5.97 Å². The highest BCUT2D eigenvalue weighted by Crippen LogP contribution is 2.29. The number of rotatable bonds is 3. The van der Waals surface area contributed by atoms with Crippen molar-refractivity contribution in [3.05, 3.63) is 0 Å². The summed E-state index contributed by atoms with van der Waals surface area (Å²) in [5.74, 6) is -3.45. The first-order valence-corrected chi connectivity index (χ1v) is 5.07. The van der Waals surface area contributed by atoms with Crippen LogP contribution in [0.3, 0.4) is 0 Å². The van der Waals surface area contributed by atoms with E-state index in [9.17, 15) is 13.6 Å². The van der Waals surface area contributed by atoms with Crippen molar-refractivity contribution in [2.45, 2.75) is 32.6 Å². The molecule has 1 aliphatic heterocycles. The number of nitrogens with zero attached hydrogens (tertiary/aromatic N) is 1. The second-order valence-electron chi connectivity index (χ2n) is 4.82. The third-order valence-corrected chi connectivity index (χ3v) is 2.79. The zero-order valence-electron chi connectivity index (χ0n) is 9.09. The van der Waals surface area contributed by atoms with Crippen LogP contribution < -0.4 is 0 Å². The molecule has 0 radical (unpaired) electrons. The van der Waals surface area contributed by atoms with Crippen LogP contribution in [0.15, 0.2) is 0 Å². The lowest BCUT2D eigenvalue weighted by atomic mass is 9.92. The fourth-order valence-electron chi connectivity index (χ4n) is 1.66. The molecule has 0 bridgehead atoms. The van der Waals surface area contributed by atoms with Gasteiger partial charge < -0.3 is 10.0 Å². The molecule has 0 aromatic rings. The monoisotopic (exact) mass is 221 g/mol. The Kier molecular flexibility index (Phi) is 3.33. The molecular weight excluding hydrogens is 204 g/mol. The Labute approximate surface area is 88.1 Å². The molecule has 1 aliphatic rings. The SMILES string of the molecule is CC(C)(CN1CCC(F)(F)CC1)C(=O)O. The van der Waals surface area contributed by atoms with Crippen LogP contribution in [-0.2, 0) is 4.79 Å². The molecule has 0 amide bonds. The van der Waals surface area contributed by atoms with E-state index in [4.69, 9.17) is 5.11 Å². The molecule has 0 aromatic carbocycles. The molecule has 0 saturated carbocycles. The number of carbonyl (C=O) groups is 1. The van der Waals surface area contributed by atoms with Crippen LogP contribution >= 0.6 is 0 Å². The Bertz CT molecular complexity index is 244. The van der Waals surface area contributed by atoms with Crippen molar-refractivity contribution in [2.75, 3.05) is 19.6 Å². The number of likely N-dealkylation sites (tertiary alicyclic amines) is 1. The number of carboxylic acid groups (broad SMARTS) is 1. The van der Waals surface area contributed by atoms with Crippen molar-refractivity contribution in [1.29, 1.82) is 0 Å². The maximum atomic E-state index is 12.8. The summed E-state index contributed by atoms with van der Waals surface area (Å²) in [7, 11) is 0. The molecule has 1 N–H and O–H groups in total. The maximum absolute atomic E-state index is 12.8. The van der Waals surface area contributed by atoms with Gasteiger partial charge in [0.1, 0.15) is 0 Å². The van der Waals surface area contributed by atoms with Crippen LogP contribution in [0.2, 0.25) is 0 Å². The second-order valence-corrected chi connectivity index (χ2v) is 4.82. The lowest BCUT2D eigenvalue weighted by molar-refractivity contribution is -0.148. The Morgan fingerprint density at radius 3 is 2.27 bits per heavy atom. The fraction of sp³-hybridized carbons (Fsp3) is 0.900. The van der Waals surface area contributed by atoms with Crippen LogP contribution in [0.1, 0.15) is 26.7 Å². The van der Waals surface area contributed by atoms with E-state index >= 15 is 0 Å². The number of hydrogen-bond acceptors (Lipinski definition) is 2. The average Bonchev–Trinajstić information content (AvgIpc) is 2.08. The highest BCUT2D eigenvalue weighted by molar-refractivity contribution is 5.73. The van der Waals surface area contributed by atoms with E-state index in [0.29, 0.717) is 6.54 Å². The Morgan fingerprint density at radius 1 is 1.40 bits per heavy atom. The molecule has 0 aliphatic carbocycles. The minimum Gasteiger partial charge on any atom is -0.481 e. The molecule has 3 nitrogen and oxygen atoms in total. The normalized spacial score (nSPS) is 22.7. The first-order chi connectivity index (χ1) is 6.73. The maximum Gasteiger partial charge on any atom is 0.310 e. The van der Waals surface area contributed by atoms with E-state index in [0.717, 1.165) is 0 Å². The zero-order chi connectivity index (χ0) is 11.7. The van der Waals surface area contributed by atoms with Gasteiger partial charge in [0.15, 0.2) is 0 Å². The third-order valence-electron chi connectivity index (χ3n) is 2.79. The van der Waals surface area contributed by atoms with Gasteiger partial charge in [0.2, 0.25) is 0 Å². The molecule has 0 unspecified atom stereocenters. The van der Waals surface area contributed by atoms with Crippen molar-refractivity contribution in [2.24, 2.45) is 5.41 Å². The molecule has 0 spiro atoms. The Balaban J connectivity index is 2.46. The summed E-state index contributed by atoms with van der Waals surface area (Å²) in [4.78, 5) is 12.6. The number of piperidine rings is 1. The van der Waals surface area contributed by atoms with Gasteiger partial charge in [-0.3, -0.25) is 4.79 Å². The number of hydrogen-bond donors (Lipinski definition) is 1. The molecule has 0 aromatic heterocycles. The molecule has 15 heavy (non-hydrogen) atoms. The van der Waals surface area contributed by atoms with Crippen molar-refractivity contribution >= 4 is 5.97 Å². The quantitative estimate of drug-likeness (QED) is 0.790. The molecule has 1 rings (SSSR count). The smallest absolute Gasteiger partial charge is 0.310 e. The topological polar surface area (TPSA) is 40.5 Å². The lowest BCUT2D eigenvalue weighted by Gasteiger charge is -2.35. The predicted octanol–water partition coefficient (Wildman–Crippen LogP) is 1.83. The van der Waals surface area contributed by atoms with Crippen LogP contribution in [0, 0.1) is 5.41 Å². The van der Waals surface area contributed by atoms with Gasteiger partial charge in [-0.1, -0.05) is 0 Å². The van der Waals surface area contributed by atoms with Crippen LogP contribution in [0.25, 0.3) is 0 Å². The summed E-state index contributed by atoms with van der Waals surface area (Å²) in [5.41, 5.74) is -0.868. The molecule has 1 heterocycles. The highest BCUT2D eigenvalue weighted by Gasteiger charge is 2.37. The summed E-state index contributed by atoms with van der Waals surface area (Å²) in [6.45, 7) is 4.12. The summed E-state index contributed by atoms with van der Waals surface area (Å²) in [5, 5.41) is 8.90. The van der Waals surface area contributed by atoms with Gasteiger partial charge in [0, 0.05) is 32.5 Å². The van der Waals surface area contributed by atoms with Gasteiger partial charge in [-0.25, -0.2) is 8.78 Å². The van der Waals surface area contributed by atoms with Crippen molar-refractivity contribution in [1.82, 2.24) is 4.90 Å². The van der Waals surface area contributed by atoms with E-state index < -0.39 is 17.3 Å². The summed E-state index contributed by atoms with van der Waals surface area (Å²) in [6.07, 6.45) is -0.328. The third kappa shape index (κ3) is 3.41. The standard InChI is InChI=1S/C10H17F2NO2/c1-9(2,8(14)15)7-13-5-3-10(11,12)4-6-13/h3-7H2,1-2H3,(H,14,15). The second kappa shape index (κ2) is 4.04. The fourth-order valence-corrected chi connectivity index (χ4v) is 1.66.